The number of ether oxygens (including phenoxy) is 2. The van der Waals surface area contributed by atoms with Crippen LogP contribution in [0.5, 0.6) is 11.5 Å². The van der Waals surface area contributed by atoms with Crippen LogP contribution in [0.15, 0.2) is 24.3 Å². The number of carbonyl (C=O) groups excluding carboxylic acids is 2. The zero-order chi connectivity index (χ0) is 23.2. The molecule has 0 radical (unpaired) electrons. The van der Waals surface area contributed by atoms with Crippen molar-refractivity contribution in [3.05, 3.63) is 29.8 Å². The van der Waals surface area contributed by atoms with Gasteiger partial charge in [0.15, 0.2) is 0 Å². The average molecular weight is 457 g/mol. The molecule has 8 heteroatoms. The van der Waals surface area contributed by atoms with Crippen LogP contribution in [0.1, 0.15) is 24.8 Å². The maximum Gasteiger partial charge on any atom is 0.246 e. The van der Waals surface area contributed by atoms with E-state index in [0.717, 1.165) is 50.9 Å². The number of hydrogen-bond acceptors (Lipinski definition) is 6. The molecule has 0 unspecified atom stereocenters. The second-order valence-electron chi connectivity index (χ2n) is 9.04. The van der Waals surface area contributed by atoms with Crippen LogP contribution in [0.3, 0.4) is 0 Å². The largest absolute Gasteiger partial charge is 0.497 e. The summed E-state index contributed by atoms with van der Waals surface area (Å²) in [4.78, 5) is 34.0. The van der Waals surface area contributed by atoms with Crippen molar-refractivity contribution < 1.29 is 19.1 Å². The molecule has 0 bridgehead atoms. The van der Waals surface area contributed by atoms with Crippen molar-refractivity contribution in [3.63, 3.8) is 0 Å². The van der Waals surface area contributed by atoms with E-state index in [9.17, 15) is 9.59 Å². The molecule has 3 fully saturated rings. The van der Waals surface area contributed by atoms with Gasteiger partial charge in [0.1, 0.15) is 11.5 Å². The van der Waals surface area contributed by atoms with Gasteiger partial charge >= 0.3 is 0 Å². The monoisotopic (exact) mass is 456 g/mol. The molecule has 3 aliphatic rings. The van der Waals surface area contributed by atoms with E-state index in [1.807, 2.05) is 28.0 Å². The van der Waals surface area contributed by atoms with E-state index < -0.39 is 0 Å². The van der Waals surface area contributed by atoms with Gasteiger partial charge in [-0.15, -0.1) is 0 Å². The first-order chi connectivity index (χ1) is 16.1. The Morgan fingerprint density at radius 1 is 0.939 bits per heavy atom. The van der Waals surface area contributed by atoms with Crippen molar-refractivity contribution in [1.82, 2.24) is 19.6 Å². The van der Waals surface area contributed by atoms with Gasteiger partial charge in [-0.25, -0.2) is 0 Å². The van der Waals surface area contributed by atoms with Crippen LogP contribution < -0.4 is 9.47 Å². The number of carbonyl (C=O) groups is 2. The summed E-state index contributed by atoms with van der Waals surface area (Å²) in [6, 6.07) is 6.25. The molecular weight excluding hydrogens is 420 g/mol. The molecule has 0 N–H and O–H groups in total. The second-order valence-corrected chi connectivity index (χ2v) is 9.04. The predicted octanol–water partition coefficient (Wildman–Crippen LogP) is 1.56. The molecule has 1 saturated carbocycles. The fourth-order valence-corrected chi connectivity index (χ4v) is 4.74. The lowest BCUT2D eigenvalue weighted by atomic mass is 9.91. The molecule has 1 aromatic rings. The zero-order valence-electron chi connectivity index (χ0n) is 19.9. The third-order valence-corrected chi connectivity index (χ3v) is 7.14. The van der Waals surface area contributed by atoms with Gasteiger partial charge in [0.25, 0.3) is 0 Å². The SMILES string of the molecule is COc1ccc(OC)c(C=CC(=O)N2CCN(CC(=O)N3CCN(C4CCC4)CC3)CC2)c1. The Hall–Kier alpha value is -2.58. The Morgan fingerprint density at radius 2 is 1.64 bits per heavy atom. The second kappa shape index (κ2) is 11.0. The first-order valence-electron chi connectivity index (χ1n) is 12.0. The quantitative estimate of drug-likeness (QED) is 0.581. The number of rotatable bonds is 7. The van der Waals surface area contributed by atoms with Crippen molar-refractivity contribution >= 4 is 17.9 Å². The van der Waals surface area contributed by atoms with Crippen LogP contribution in [0.2, 0.25) is 0 Å². The number of piperazine rings is 2. The van der Waals surface area contributed by atoms with Crippen LogP contribution in [0.25, 0.3) is 6.08 Å². The molecule has 1 aromatic carbocycles. The lowest BCUT2D eigenvalue weighted by Gasteiger charge is -2.43. The van der Waals surface area contributed by atoms with Crippen LogP contribution in [0.4, 0.5) is 0 Å². The first-order valence-corrected chi connectivity index (χ1v) is 12.0. The highest BCUT2D eigenvalue weighted by molar-refractivity contribution is 5.92. The van der Waals surface area contributed by atoms with Crippen molar-refractivity contribution in [2.24, 2.45) is 0 Å². The van der Waals surface area contributed by atoms with Crippen molar-refractivity contribution in [1.29, 1.82) is 0 Å². The Balaban J connectivity index is 1.21. The van der Waals surface area contributed by atoms with Gasteiger partial charge in [0.2, 0.25) is 11.8 Å². The van der Waals surface area contributed by atoms with Crippen LogP contribution in [-0.2, 0) is 9.59 Å². The number of hydrogen-bond donors (Lipinski definition) is 0. The molecule has 4 rings (SSSR count). The Bertz CT molecular complexity index is 854. The van der Waals surface area contributed by atoms with Gasteiger partial charge in [-0.05, 0) is 37.1 Å². The maximum atomic E-state index is 12.8. The summed E-state index contributed by atoms with van der Waals surface area (Å²) in [5, 5.41) is 0. The summed E-state index contributed by atoms with van der Waals surface area (Å²) >= 11 is 0. The lowest BCUT2D eigenvalue weighted by molar-refractivity contribution is -0.135. The van der Waals surface area contributed by atoms with E-state index in [1.54, 1.807) is 26.4 Å². The molecule has 2 amide bonds. The highest BCUT2D eigenvalue weighted by Crippen LogP contribution is 2.26. The summed E-state index contributed by atoms with van der Waals surface area (Å²) in [6.07, 6.45) is 7.34. The number of nitrogens with zero attached hydrogens (tertiary/aromatic N) is 4. The summed E-state index contributed by atoms with van der Waals surface area (Å²) in [6.45, 7) is 6.82. The normalized spacial score (nSPS) is 20.7. The highest BCUT2D eigenvalue weighted by atomic mass is 16.5. The molecule has 0 spiro atoms. The topological polar surface area (TPSA) is 65.6 Å². The molecule has 180 valence electrons. The minimum atomic E-state index is -0.0297. The van der Waals surface area contributed by atoms with E-state index in [2.05, 4.69) is 9.80 Å². The third kappa shape index (κ3) is 5.86. The Labute approximate surface area is 196 Å². The van der Waals surface area contributed by atoms with Crippen LogP contribution in [-0.4, -0.2) is 111 Å². The summed E-state index contributed by atoms with van der Waals surface area (Å²) in [7, 11) is 3.22. The Morgan fingerprint density at radius 3 is 2.24 bits per heavy atom. The molecule has 2 saturated heterocycles. The maximum absolute atomic E-state index is 12.8. The minimum Gasteiger partial charge on any atom is -0.497 e. The molecule has 1 aliphatic carbocycles. The standard InChI is InChI=1S/C25H36N4O4/c1-32-22-7-8-23(33-2)20(18-22)6-9-24(30)28-12-10-26(11-13-28)19-25(31)29-16-14-27(15-17-29)21-4-3-5-21/h6-9,18,21H,3-5,10-17,19H2,1-2H3. The first kappa shape index (κ1) is 23.6. The van der Waals surface area contributed by atoms with Gasteiger partial charge in [-0.1, -0.05) is 6.42 Å². The van der Waals surface area contributed by atoms with E-state index in [0.29, 0.717) is 31.1 Å². The van der Waals surface area contributed by atoms with Gasteiger partial charge in [0, 0.05) is 70.0 Å². The lowest BCUT2D eigenvalue weighted by Crippen LogP contribution is -2.56. The number of benzene rings is 1. The summed E-state index contributed by atoms with van der Waals surface area (Å²) in [5.74, 6) is 1.59. The van der Waals surface area contributed by atoms with E-state index in [-0.39, 0.29) is 11.8 Å². The van der Waals surface area contributed by atoms with Crippen molar-refractivity contribution in [3.8, 4) is 11.5 Å². The van der Waals surface area contributed by atoms with Gasteiger partial charge in [-0.3, -0.25) is 19.4 Å². The van der Waals surface area contributed by atoms with Crippen LogP contribution >= 0.6 is 0 Å². The van der Waals surface area contributed by atoms with E-state index in [4.69, 9.17) is 9.47 Å². The zero-order valence-corrected chi connectivity index (χ0v) is 19.9. The Kier molecular flexibility index (Phi) is 7.88. The van der Waals surface area contributed by atoms with E-state index >= 15 is 0 Å². The fourth-order valence-electron chi connectivity index (χ4n) is 4.74. The number of methoxy groups -OCH3 is 2. The van der Waals surface area contributed by atoms with Crippen LogP contribution in [0, 0.1) is 0 Å². The van der Waals surface area contributed by atoms with Gasteiger partial charge < -0.3 is 19.3 Å². The number of amides is 2. The molecule has 2 heterocycles. The smallest absolute Gasteiger partial charge is 0.246 e. The molecule has 33 heavy (non-hydrogen) atoms. The minimum absolute atomic E-state index is 0.0297. The highest BCUT2D eigenvalue weighted by Gasteiger charge is 2.30. The summed E-state index contributed by atoms with van der Waals surface area (Å²) in [5.41, 5.74) is 0.798. The van der Waals surface area contributed by atoms with Gasteiger partial charge in [-0.2, -0.15) is 0 Å². The molecule has 8 nitrogen and oxygen atoms in total. The third-order valence-electron chi connectivity index (χ3n) is 7.14. The van der Waals surface area contributed by atoms with Crippen molar-refractivity contribution in [2.75, 3.05) is 73.1 Å². The summed E-state index contributed by atoms with van der Waals surface area (Å²) < 4.78 is 10.6. The molecule has 0 atom stereocenters. The van der Waals surface area contributed by atoms with Crippen molar-refractivity contribution in [2.45, 2.75) is 25.3 Å². The van der Waals surface area contributed by atoms with E-state index in [1.165, 1.54) is 19.3 Å². The molecule has 0 aromatic heterocycles. The molecular formula is C25H36N4O4. The fraction of sp³-hybridized carbons (Fsp3) is 0.600. The molecule has 2 aliphatic heterocycles. The average Bonchev–Trinajstić information content (AvgIpc) is 2.82. The predicted molar refractivity (Wildman–Crippen MR) is 127 cm³/mol. The van der Waals surface area contributed by atoms with Gasteiger partial charge in [0.05, 0.1) is 20.8 Å².